The number of carboxylic acids is 1. The molecule has 1 aromatic rings. The maximum Gasteiger partial charge on any atom is 0.303 e. The van der Waals surface area contributed by atoms with Gasteiger partial charge in [0.05, 0.1) is 6.54 Å². The van der Waals surface area contributed by atoms with Crippen LogP contribution in [0.5, 0.6) is 0 Å². The van der Waals surface area contributed by atoms with Gasteiger partial charge in [-0.1, -0.05) is 24.3 Å². The Labute approximate surface area is 101 Å². The Bertz CT molecular complexity index is 454. The van der Waals surface area contributed by atoms with E-state index in [1.165, 1.54) is 0 Å². The fourth-order valence-corrected chi connectivity index (χ4v) is 2.02. The number of amidine groups is 1. The van der Waals surface area contributed by atoms with E-state index in [1.54, 1.807) is 0 Å². The Morgan fingerprint density at radius 2 is 2.24 bits per heavy atom. The zero-order valence-corrected chi connectivity index (χ0v) is 9.89. The van der Waals surface area contributed by atoms with Crippen LogP contribution in [0.15, 0.2) is 29.3 Å². The summed E-state index contributed by atoms with van der Waals surface area (Å²) in [6.45, 7) is 1.75. The molecule has 1 aliphatic rings. The van der Waals surface area contributed by atoms with Crippen LogP contribution in [0.25, 0.3) is 0 Å². The van der Waals surface area contributed by atoms with Gasteiger partial charge in [-0.25, -0.2) is 0 Å². The van der Waals surface area contributed by atoms with E-state index in [9.17, 15) is 4.79 Å². The van der Waals surface area contributed by atoms with Gasteiger partial charge in [0, 0.05) is 25.6 Å². The number of aliphatic imine (C=N–C) groups is 1. The number of hydrogen-bond acceptors (Lipinski definition) is 3. The monoisotopic (exact) mass is 232 g/mol. The molecular weight excluding hydrogens is 216 g/mol. The van der Waals surface area contributed by atoms with Gasteiger partial charge in [0.25, 0.3) is 0 Å². The number of carbonyl (C=O) groups is 1. The lowest BCUT2D eigenvalue weighted by molar-refractivity contribution is -0.136. The van der Waals surface area contributed by atoms with Crippen molar-refractivity contribution in [1.29, 1.82) is 0 Å². The number of hydrogen-bond donors (Lipinski definition) is 1. The molecule has 1 N–H and O–H groups in total. The van der Waals surface area contributed by atoms with E-state index in [-0.39, 0.29) is 6.42 Å². The summed E-state index contributed by atoms with van der Waals surface area (Å²) < 4.78 is 0. The topological polar surface area (TPSA) is 52.9 Å². The van der Waals surface area contributed by atoms with Gasteiger partial charge in [-0.3, -0.25) is 9.79 Å². The fourth-order valence-electron chi connectivity index (χ4n) is 2.02. The van der Waals surface area contributed by atoms with Crippen LogP contribution >= 0.6 is 0 Å². The van der Waals surface area contributed by atoms with Crippen LogP contribution in [0.3, 0.4) is 0 Å². The molecule has 1 heterocycles. The second-order valence-electron chi connectivity index (χ2n) is 4.18. The molecule has 90 valence electrons. The molecule has 0 radical (unpaired) electrons. The first-order chi connectivity index (χ1) is 8.18. The van der Waals surface area contributed by atoms with E-state index in [0.717, 1.165) is 30.1 Å². The first-order valence-corrected chi connectivity index (χ1v) is 5.74. The van der Waals surface area contributed by atoms with Crippen molar-refractivity contribution in [3.63, 3.8) is 0 Å². The lowest BCUT2D eigenvalue weighted by Gasteiger charge is -2.16. The first kappa shape index (κ1) is 11.6. The molecule has 0 fully saturated rings. The highest BCUT2D eigenvalue weighted by Crippen LogP contribution is 2.16. The molecule has 0 spiro atoms. The van der Waals surface area contributed by atoms with Crippen LogP contribution in [-0.2, 0) is 11.2 Å². The second-order valence-corrected chi connectivity index (χ2v) is 4.18. The van der Waals surface area contributed by atoms with Gasteiger partial charge in [-0.15, -0.1) is 0 Å². The molecule has 0 amide bonds. The minimum Gasteiger partial charge on any atom is -0.481 e. The van der Waals surface area contributed by atoms with Crippen LogP contribution in [-0.4, -0.2) is 41.9 Å². The van der Waals surface area contributed by atoms with Crippen LogP contribution in [0.1, 0.15) is 17.5 Å². The minimum absolute atomic E-state index is 0.161. The predicted molar refractivity (Wildman–Crippen MR) is 66.4 cm³/mol. The van der Waals surface area contributed by atoms with E-state index in [2.05, 4.69) is 9.89 Å². The number of likely N-dealkylation sites (N-methyl/N-ethyl adjacent to an activating group) is 1. The largest absolute Gasteiger partial charge is 0.481 e. The highest BCUT2D eigenvalue weighted by molar-refractivity contribution is 6.00. The average molecular weight is 232 g/mol. The minimum atomic E-state index is -0.762. The van der Waals surface area contributed by atoms with Crippen molar-refractivity contribution in [3.8, 4) is 0 Å². The Hall–Kier alpha value is -1.84. The molecule has 0 aliphatic carbocycles. The summed E-state index contributed by atoms with van der Waals surface area (Å²) in [5, 5.41) is 8.74. The summed E-state index contributed by atoms with van der Waals surface area (Å²) >= 11 is 0. The van der Waals surface area contributed by atoms with Crippen molar-refractivity contribution in [2.45, 2.75) is 12.8 Å². The van der Waals surface area contributed by atoms with Crippen molar-refractivity contribution in [2.75, 3.05) is 20.1 Å². The normalized spacial score (nSPS) is 14.9. The Kier molecular flexibility index (Phi) is 3.42. The standard InChI is InChI=1S/C13H16N2O2/c1-15-9-8-14-13(15)11-5-3-2-4-10(11)6-7-12(16)17/h2-5H,6-9H2,1H3,(H,16,17). The third-order valence-corrected chi connectivity index (χ3v) is 2.93. The molecule has 4 nitrogen and oxygen atoms in total. The third kappa shape index (κ3) is 2.64. The highest BCUT2D eigenvalue weighted by Gasteiger charge is 2.17. The Balaban J connectivity index is 2.24. The van der Waals surface area contributed by atoms with Gasteiger partial charge in [-0.2, -0.15) is 0 Å². The number of benzene rings is 1. The van der Waals surface area contributed by atoms with Crippen LogP contribution in [0.2, 0.25) is 0 Å². The van der Waals surface area contributed by atoms with Gasteiger partial charge in [0.15, 0.2) is 0 Å². The van der Waals surface area contributed by atoms with E-state index >= 15 is 0 Å². The second kappa shape index (κ2) is 4.99. The van der Waals surface area contributed by atoms with E-state index in [1.807, 2.05) is 31.3 Å². The molecule has 17 heavy (non-hydrogen) atoms. The first-order valence-electron chi connectivity index (χ1n) is 5.74. The molecule has 0 atom stereocenters. The van der Waals surface area contributed by atoms with Gasteiger partial charge in [0.1, 0.15) is 5.84 Å². The molecule has 0 saturated heterocycles. The number of aryl methyl sites for hydroxylation is 1. The van der Waals surface area contributed by atoms with E-state index < -0.39 is 5.97 Å². The van der Waals surface area contributed by atoms with Crippen molar-refractivity contribution in [2.24, 2.45) is 4.99 Å². The molecule has 2 rings (SSSR count). The number of carboxylic acid groups (broad SMARTS) is 1. The smallest absolute Gasteiger partial charge is 0.303 e. The highest BCUT2D eigenvalue weighted by atomic mass is 16.4. The Morgan fingerprint density at radius 3 is 2.88 bits per heavy atom. The van der Waals surface area contributed by atoms with Gasteiger partial charge < -0.3 is 10.0 Å². The average Bonchev–Trinajstić information content (AvgIpc) is 2.73. The van der Waals surface area contributed by atoms with Gasteiger partial charge >= 0.3 is 5.97 Å². The molecule has 1 aliphatic heterocycles. The Morgan fingerprint density at radius 1 is 1.47 bits per heavy atom. The lowest BCUT2D eigenvalue weighted by Crippen LogP contribution is -2.24. The van der Waals surface area contributed by atoms with Crippen LogP contribution in [0, 0.1) is 0 Å². The zero-order valence-electron chi connectivity index (χ0n) is 9.89. The zero-order chi connectivity index (χ0) is 12.3. The molecule has 0 unspecified atom stereocenters. The molecule has 1 aromatic carbocycles. The molecule has 0 aromatic heterocycles. The molecular formula is C13H16N2O2. The number of aliphatic carboxylic acids is 1. The summed E-state index contributed by atoms with van der Waals surface area (Å²) in [4.78, 5) is 17.2. The van der Waals surface area contributed by atoms with Crippen LogP contribution in [0.4, 0.5) is 0 Å². The summed E-state index contributed by atoms with van der Waals surface area (Å²) in [6, 6.07) is 7.90. The van der Waals surface area contributed by atoms with E-state index in [4.69, 9.17) is 5.11 Å². The maximum atomic E-state index is 10.6. The summed E-state index contributed by atoms with van der Waals surface area (Å²) in [6.07, 6.45) is 0.715. The van der Waals surface area contributed by atoms with Crippen molar-refractivity contribution < 1.29 is 9.90 Å². The summed E-state index contributed by atoms with van der Waals surface area (Å²) in [5.74, 6) is 0.215. The fraction of sp³-hybridized carbons (Fsp3) is 0.385. The lowest BCUT2D eigenvalue weighted by atomic mass is 10.0. The van der Waals surface area contributed by atoms with Gasteiger partial charge in [-0.05, 0) is 12.0 Å². The summed E-state index contributed by atoms with van der Waals surface area (Å²) in [5.41, 5.74) is 2.12. The summed E-state index contributed by atoms with van der Waals surface area (Å²) in [7, 11) is 2.01. The predicted octanol–water partition coefficient (Wildman–Crippen LogP) is 1.40. The molecule has 4 heteroatoms. The SMILES string of the molecule is CN1CCN=C1c1ccccc1CCC(=O)O. The van der Waals surface area contributed by atoms with Crippen LogP contribution < -0.4 is 0 Å². The number of nitrogens with zero attached hydrogens (tertiary/aromatic N) is 2. The maximum absolute atomic E-state index is 10.6. The molecule has 0 saturated carbocycles. The van der Waals surface area contributed by atoms with E-state index in [0.29, 0.717) is 6.42 Å². The quantitative estimate of drug-likeness (QED) is 0.853. The van der Waals surface area contributed by atoms with Crippen molar-refractivity contribution in [1.82, 2.24) is 4.90 Å². The van der Waals surface area contributed by atoms with Gasteiger partial charge in [0.2, 0.25) is 0 Å². The van der Waals surface area contributed by atoms with Crippen molar-refractivity contribution in [3.05, 3.63) is 35.4 Å². The molecule has 0 bridgehead atoms. The van der Waals surface area contributed by atoms with Crippen molar-refractivity contribution >= 4 is 11.8 Å². The third-order valence-electron chi connectivity index (χ3n) is 2.93. The number of rotatable bonds is 4.